The second-order valence-corrected chi connectivity index (χ2v) is 12.9. The van der Waals surface area contributed by atoms with Crippen molar-refractivity contribution in [1.29, 1.82) is 0 Å². The summed E-state index contributed by atoms with van der Waals surface area (Å²) in [6.07, 6.45) is 2.12. The van der Waals surface area contributed by atoms with Gasteiger partial charge in [-0.1, -0.05) is 63.2 Å². The summed E-state index contributed by atoms with van der Waals surface area (Å²) in [5.41, 5.74) is 2.53. The van der Waals surface area contributed by atoms with Crippen molar-refractivity contribution >= 4 is 8.32 Å². The number of hydrogen-bond donors (Lipinski definition) is 0. The van der Waals surface area contributed by atoms with Gasteiger partial charge in [0.05, 0.1) is 0 Å². The van der Waals surface area contributed by atoms with Crippen molar-refractivity contribution in [3.8, 4) is 5.75 Å². The molecule has 0 unspecified atom stereocenters. The molecule has 0 atom stereocenters. The first-order chi connectivity index (χ1) is 11.8. The molecule has 0 aliphatic heterocycles. The summed E-state index contributed by atoms with van der Waals surface area (Å²) in [5.74, 6) is 0.921. The lowest BCUT2D eigenvalue weighted by molar-refractivity contribution is 0.282. The molecule has 0 amide bonds. The number of ether oxygens (including phenoxy) is 1. The van der Waals surface area contributed by atoms with E-state index < -0.39 is 8.32 Å². The average Bonchev–Trinajstić information content (AvgIpc) is 2.58. The number of hydrogen-bond acceptors (Lipinski definition) is 2. The van der Waals surface area contributed by atoms with Gasteiger partial charge in [0.2, 0.25) is 0 Å². The standard InChI is InChI=1S/C22H32O2Si/c1-22(2,3)25(4,5)24-17-9-12-19-13-15-21(16-14-19)23-18-20-10-7-6-8-11-20/h6-8,10-11,13-16H,9,12,17-18H2,1-5H3. The third kappa shape index (κ3) is 6.33. The SMILES string of the molecule is CC(C)(C)[Si](C)(C)OCCCc1ccc(OCc2ccccc2)cc1. The van der Waals surface area contributed by atoms with Gasteiger partial charge in [-0.15, -0.1) is 0 Å². The Morgan fingerprint density at radius 2 is 1.48 bits per heavy atom. The van der Waals surface area contributed by atoms with Gasteiger partial charge in [0.25, 0.3) is 0 Å². The van der Waals surface area contributed by atoms with E-state index in [0.717, 1.165) is 25.2 Å². The minimum Gasteiger partial charge on any atom is -0.489 e. The van der Waals surface area contributed by atoms with E-state index in [1.165, 1.54) is 11.1 Å². The fourth-order valence-electron chi connectivity index (χ4n) is 2.31. The second-order valence-electron chi connectivity index (χ2n) is 8.13. The Kier molecular flexibility index (Phi) is 6.85. The summed E-state index contributed by atoms with van der Waals surface area (Å²) < 4.78 is 12.1. The quantitative estimate of drug-likeness (QED) is 0.413. The van der Waals surface area contributed by atoms with Gasteiger partial charge in [0.1, 0.15) is 12.4 Å². The zero-order chi connectivity index (χ0) is 18.3. The summed E-state index contributed by atoms with van der Waals surface area (Å²) in [7, 11) is -1.62. The molecule has 0 aliphatic carbocycles. The Balaban J connectivity index is 1.73. The molecule has 0 aromatic heterocycles. The molecule has 0 aliphatic rings. The van der Waals surface area contributed by atoms with E-state index >= 15 is 0 Å². The Bertz CT molecular complexity index is 627. The van der Waals surface area contributed by atoms with Crippen LogP contribution in [0.3, 0.4) is 0 Å². The van der Waals surface area contributed by atoms with E-state index in [9.17, 15) is 0 Å². The molecule has 0 radical (unpaired) electrons. The van der Waals surface area contributed by atoms with E-state index in [1.54, 1.807) is 0 Å². The van der Waals surface area contributed by atoms with Crippen LogP contribution < -0.4 is 4.74 Å². The molecule has 2 rings (SSSR count). The van der Waals surface area contributed by atoms with Crippen molar-refractivity contribution < 1.29 is 9.16 Å². The minimum absolute atomic E-state index is 0.282. The average molecular weight is 357 g/mol. The monoisotopic (exact) mass is 356 g/mol. The highest BCUT2D eigenvalue weighted by Gasteiger charge is 2.36. The fourth-order valence-corrected chi connectivity index (χ4v) is 3.40. The maximum absolute atomic E-state index is 6.24. The van der Waals surface area contributed by atoms with E-state index in [4.69, 9.17) is 9.16 Å². The first-order valence-electron chi connectivity index (χ1n) is 9.17. The van der Waals surface area contributed by atoms with E-state index in [2.05, 4.69) is 70.3 Å². The Morgan fingerprint density at radius 3 is 2.08 bits per heavy atom. The van der Waals surface area contributed by atoms with Crippen LogP contribution in [0.15, 0.2) is 54.6 Å². The summed E-state index contributed by atoms with van der Waals surface area (Å²) in [4.78, 5) is 0. The van der Waals surface area contributed by atoms with Crippen LogP contribution in [0.5, 0.6) is 5.75 Å². The second kappa shape index (κ2) is 8.68. The van der Waals surface area contributed by atoms with E-state index in [1.807, 2.05) is 18.2 Å². The van der Waals surface area contributed by atoms with Crippen molar-refractivity contribution in [3.05, 3.63) is 65.7 Å². The lowest BCUT2D eigenvalue weighted by atomic mass is 10.1. The Labute approximate surface area is 154 Å². The first kappa shape index (κ1) is 19.7. The van der Waals surface area contributed by atoms with Crippen LogP contribution in [0, 0.1) is 0 Å². The van der Waals surface area contributed by atoms with Crippen molar-refractivity contribution in [3.63, 3.8) is 0 Å². The van der Waals surface area contributed by atoms with Crippen LogP contribution >= 0.6 is 0 Å². The topological polar surface area (TPSA) is 18.5 Å². The van der Waals surface area contributed by atoms with Gasteiger partial charge in [-0.05, 0) is 54.2 Å². The van der Waals surface area contributed by atoms with Crippen molar-refractivity contribution in [1.82, 2.24) is 0 Å². The molecule has 0 bridgehead atoms. The third-order valence-electron chi connectivity index (χ3n) is 5.05. The van der Waals surface area contributed by atoms with Crippen LogP contribution in [0.1, 0.15) is 38.3 Å². The molecule has 3 heteroatoms. The highest BCUT2D eigenvalue weighted by atomic mass is 28.4. The molecular weight excluding hydrogens is 324 g/mol. The van der Waals surface area contributed by atoms with Gasteiger partial charge in [-0.2, -0.15) is 0 Å². The van der Waals surface area contributed by atoms with Gasteiger partial charge in [-0.25, -0.2) is 0 Å². The van der Waals surface area contributed by atoms with Gasteiger partial charge in [-0.3, -0.25) is 0 Å². The van der Waals surface area contributed by atoms with Gasteiger partial charge in [0, 0.05) is 6.61 Å². The molecule has 2 aromatic rings. The lowest BCUT2D eigenvalue weighted by Crippen LogP contribution is -2.41. The van der Waals surface area contributed by atoms with Crippen molar-refractivity contribution in [2.24, 2.45) is 0 Å². The van der Waals surface area contributed by atoms with Gasteiger partial charge >= 0.3 is 0 Å². The molecule has 25 heavy (non-hydrogen) atoms. The largest absolute Gasteiger partial charge is 0.489 e. The maximum atomic E-state index is 6.24. The summed E-state index contributed by atoms with van der Waals surface area (Å²) in [6.45, 7) is 12.9. The van der Waals surface area contributed by atoms with Gasteiger partial charge < -0.3 is 9.16 Å². The molecule has 2 nitrogen and oxygen atoms in total. The number of benzene rings is 2. The molecular formula is C22H32O2Si. The molecule has 0 spiro atoms. The van der Waals surface area contributed by atoms with Crippen LogP contribution in [-0.2, 0) is 17.5 Å². The smallest absolute Gasteiger partial charge is 0.191 e. The molecule has 2 aromatic carbocycles. The minimum atomic E-state index is -1.62. The number of aryl methyl sites for hydroxylation is 1. The van der Waals surface area contributed by atoms with Crippen molar-refractivity contribution in [2.45, 2.75) is 58.4 Å². The highest BCUT2D eigenvalue weighted by molar-refractivity contribution is 6.74. The zero-order valence-electron chi connectivity index (χ0n) is 16.3. The predicted molar refractivity (Wildman–Crippen MR) is 109 cm³/mol. The molecule has 136 valence electrons. The van der Waals surface area contributed by atoms with Crippen LogP contribution in [-0.4, -0.2) is 14.9 Å². The van der Waals surface area contributed by atoms with Gasteiger partial charge in [0.15, 0.2) is 8.32 Å². The number of rotatable bonds is 8. The third-order valence-corrected chi connectivity index (χ3v) is 9.59. The van der Waals surface area contributed by atoms with Crippen LogP contribution in [0.25, 0.3) is 0 Å². The predicted octanol–water partition coefficient (Wildman–Crippen LogP) is 6.22. The van der Waals surface area contributed by atoms with Crippen molar-refractivity contribution in [2.75, 3.05) is 6.61 Å². The first-order valence-corrected chi connectivity index (χ1v) is 12.1. The fraction of sp³-hybridized carbons (Fsp3) is 0.455. The molecule has 0 saturated heterocycles. The molecule has 0 N–H and O–H groups in total. The molecule has 0 fully saturated rings. The Hall–Kier alpha value is -1.58. The zero-order valence-corrected chi connectivity index (χ0v) is 17.3. The highest BCUT2D eigenvalue weighted by Crippen LogP contribution is 2.36. The summed E-state index contributed by atoms with van der Waals surface area (Å²) >= 11 is 0. The molecule has 0 saturated carbocycles. The summed E-state index contributed by atoms with van der Waals surface area (Å²) in [6, 6.07) is 18.7. The Morgan fingerprint density at radius 1 is 0.840 bits per heavy atom. The molecule has 0 heterocycles. The van der Waals surface area contributed by atoms with Crippen LogP contribution in [0.2, 0.25) is 18.1 Å². The maximum Gasteiger partial charge on any atom is 0.191 e. The van der Waals surface area contributed by atoms with Crippen LogP contribution in [0.4, 0.5) is 0 Å². The lowest BCUT2D eigenvalue weighted by Gasteiger charge is -2.36. The normalized spacial score (nSPS) is 12.2. The van der Waals surface area contributed by atoms with E-state index in [0.29, 0.717) is 6.61 Å². The summed E-state index contributed by atoms with van der Waals surface area (Å²) in [5, 5.41) is 0.282. The van der Waals surface area contributed by atoms with E-state index in [-0.39, 0.29) is 5.04 Å².